The third-order valence-corrected chi connectivity index (χ3v) is 3.51. The largest absolute Gasteiger partial charge is 0.494 e. The molecule has 1 aliphatic rings. The van der Waals surface area contributed by atoms with E-state index < -0.39 is 27.9 Å². The smallest absolute Gasteiger partial charge is 0.325 e. The molecule has 0 spiro atoms. The number of nitro groups is 1. The number of nitrogens with zero attached hydrogens (tertiary/aromatic N) is 2. The Morgan fingerprint density at radius 1 is 1.62 bits per heavy atom. The molecule has 3 N–H and O–H groups in total. The third kappa shape index (κ3) is 2.59. The van der Waals surface area contributed by atoms with Gasteiger partial charge in [-0.05, 0) is 6.42 Å². The van der Waals surface area contributed by atoms with E-state index in [2.05, 4.69) is 0 Å². The zero-order valence-electron chi connectivity index (χ0n) is 11.2. The molecule has 0 radical (unpaired) electrons. The first-order chi connectivity index (χ1) is 9.78. The molecule has 0 bridgehead atoms. The van der Waals surface area contributed by atoms with E-state index in [1.807, 2.05) is 0 Å². The topological polar surface area (TPSA) is 119 Å². The van der Waals surface area contributed by atoms with Crippen LogP contribution in [0.5, 0.6) is 5.75 Å². The molecule has 0 saturated carbocycles. The predicted octanol–water partition coefficient (Wildman–Crippen LogP) is 0.735. The minimum atomic E-state index is -1.48. The monoisotopic (exact) mass is 299 g/mol. The maximum atomic E-state index is 13.6. The molecule has 2 rings (SSSR count). The first kappa shape index (κ1) is 15.0. The summed E-state index contributed by atoms with van der Waals surface area (Å²) in [5, 5.41) is 20.1. The lowest BCUT2D eigenvalue weighted by Crippen LogP contribution is -2.50. The number of carboxylic acid groups (broad SMARTS) is 1. The average molecular weight is 299 g/mol. The number of methoxy groups -OCH3 is 1. The maximum absolute atomic E-state index is 13.6. The number of anilines is 1. The maximum Gasteiger partial charge on any atom is 0.325 e. The van der Waals surface area contributed by atoms with E-state index in [0.29, 0.717) is 0 Å². The molecule has 0 amide bonds. The van der Waals surface area contributed by atoms with Crippen LogP contribution in [0.25, 0.3) is 0 Å². The van der Waals surface area contributed by atoms with Crippen molar-refractivity contribution < 1.29 is 24.0 Å². The number of hydrogen-bond donors (Lipinski definition) is 2. The van der Waals surface area contributed by atoms with Crippen molar-refractivity contribution in [3.8, 4) is 5.75 Å². The summed E-state index contributed by atoms with van der Waals surface area (Å²) < 4.78 is 18.4. The van der Waals surface area contributed by atoms with Gasteiger partial charge in [-0.15, -0.1) is 0 Å². The van der Waals surface area contributed by atoms with Gasteiger partial charge in [-0.1, -0.05) is 0 Å². The summed E-state index contributed by atoms with van der Waals surface area (Å²) in [6.45, 7) is 0.121. The normalized spacial score (nSPS) is 21.4. The Morgan fingerprint density at radius 3 is 2.76 bits per heavy atom. The van der Waals surface area contributed by atoms with E-state index in [1.165, 1.54) is 18.1 Å². The van der Waals surface area contributed by atoms with Gasteiger partial charge in [0.05, 0.1) is 18.1 Å². The van der Waals surface area contributed by atoms with Gasteiger partial charge in [0.15, 0.2) is 11.6 Å². The SMILES string of the molecule is COc1cc(N2CCC(N)(C(=O)O)C2)c([N+](=O)[O-])cc1F. The van der Waals surface area contributed by atoms with E-state index in [1.54, 1.807) is 0 Å². The molecule has 21 heavy (non-hydrogen) atoms. The number of ether oxygens (including phenoxy) is 1. The highest BCUT2D eigenvalue weighted by atomic mass is 19.1. The molecule has 114 valence electrons. The Hall–Kier alpha value is -2.42. The molecule has 1 unspecified atom stereocenters. The van der Waals surface area contributed by atoms with Gasteiger partial charge in [0, 0.05) is 19.2 Å². The molecule has 1 fully saturated rings. The van der Waals surface area contributed by atoms with Gasteiger partial charge in [0.2, 0.25) is 0 Å². The summed E-state index contributed by atoms with van der Waals surface area (Å²) >= 11 is 0. The van der Waals surface area contributed by atoms with Crippen LogP contribution in [0.3, 0.4) is 0 Å². The first-order valence-electron chi connectivity index (χ1n) is 6.07. The number of rotatable bonds is 4. The minimum absolute atomic E-state index is 0.0897. The fourth-order valence-corrected chi connectivity index (χ4v) is 2.30. The van der Waals surface area contributed by atoms with E-state index in [9.17, 15) is 19.3 Å². The van der Waals surface area contributed by atoms with E-state index in [4.69, 9.17) is 15.6 Å². The Balaban J connectivity index is 2.44. The molecule has 1 heterocycles. The lowest BCUT2D eigenvalue weighted by atomic mass is 10.0. The standard InChI is InChI=1S/C12H14FN3O5/c1-21-10-5-8(9(16(19)20)4-7(10)13)15-3-2-12(14,6-15)11(17)18/h4-5H,2-3,6,14H2,1H3,(H,17,18). The third-order valence-electron chi connectivity index (χ3n) is 3.51. The lowest BCUT2D eigenvalue weighted by molar-refractivity contribution is -0.384. The van der Waals surface area contributed by atoms with Crippen molar-refractivity contribution in [3.63, 3.8) is 0 Å². The highest BCUT2D eigenvalue weighted by Gasteiger charge is 2.43. The van der Waals surface area contributed by atoms with Gasteiger partial charge < -0.3 is 20.5 Å². The van der Waals surface area contributed by atoms with Crippen LogP contribution in [0.15, 0.2) is 12.1 Å². The Bertz CT molecular complexity index is 609. The number of halogens is 1. The summed E-state index contributed by atoms with van der Waals surface area (Å²) in [5.41, 5.74) is 3.90. The van der Waals surface area contributed by atoms with Crippen LogP contribution in [0.4, 0.5) is 15.8 Å². The van der Waals surface area contributed by atoms with Crippen molar-refractivity contribution in [3.05, 3.63) is 28.1 Å². The van der Waals surface area contributed by atoms with Gasteiger partial charge in [0.1, 0.15) is 11.2 Å². The highest BCUT2D eigenvalue weighted by molar-refractivity contribution is 5.81. The zero-order valence-corrected chi connectivity index (χ0v) is 11.2. The Kier molecular flexibility index (Phi) is 3.69. The molecular weight excluding hydrogens is 285 g/mol. The van der Waals surface area contributed by atoms with Gasteiger partial charge in [-0.25, -0.2) is 4.39 Å². The van der Waals surface area contributed by atoms with E-state index in [-0.39, 0.29) is 30.9 Å². The van der Waals surface area contributed by atoms with Crippen LogP contribution >= 0.6 is 0 Å². The second kappa shape index (κ2) is 5.17. The van der Waals surface area contributed by atoms with Gasteiger partial charge >= 0.3 is 5.97 Å². The number of nitro benzene ring substituents is 1. The van der Waals surface area contributed by atoms with E-state index >= 15 is 0 Å². The summed E-state index contributed by atoms with van der Waals surface area (Å²) in [7, 11) is 1.24. The predicted molar refractivity (Wildman–Crippen MR) is 71.0 cm³/mol. The van der Waals surface area contributed by atoms with Crippen LogP contribution in [-0.4, -0.2) is 41.7 Å². The molecule has 1 saturated heterocycles. The summed E-state index contributed by atoms with van der Waals surface area (Å²) in [4.78, 5) is 22.9. The summed E-state index contributed by atoms with van der Waals surface area (Å²) in [6, 6.07) is 1.94. The van der Waals surface area contributed by atoms with E-state index in [0.717, 1.165) is 6.07 Å². The van der Waals surface area contributed by atoms with Crippen LogP contribution in [0, 0.1) is 15.9 Å². The molecular formula is C12H14FN3O5. The van der Waals surface area contributed by atoms with Gasteiger partial charge in [-0.2, -0.15) is 0 Å². The number of aliphatic carboxylic acids is 1. The molecule has 1 atom stereocenters. The van der Waals surface area contributed by atoms with Crippen molar-refractivity contribution in [2.75, 3.05) is 25.1 Å². The second-order valence-electron chi connectivity index (χ2n) is 4.87. The van der Waals surface area contributed by atoms with Crippen LogP contribution < -0.4 is 15.4 Å². The zero-order chi connectivity index (χ0) is 15.8. The van der Waals surface area contributed by atoms with Crippen LogP contribution in [0.2, 0.25) is 0 Å². The lowest BCUT2D eigenvalue weighted by Gasteiger charge is -2.22. The molecule has 0 aromatic heterocycles. The van der Waals surface area contributed by atoms with Crippen LogP contribution in [0.1, 0.15) is 6.42 Å². The first-order valence-corrected chi connectivity index (χ1v) is 6.07. The molecule has 1 aliphatic heterocycles. The molecule has 9 heteroatoms. The summed E-state index contributed by atoms with van der Waals surface area (Å²) in [6.07, 6.45) is 0.138. The summed E-state index contributed by atoms with van der Waals surface area (Å²) in [5.74, 6) is -2.19. The van der Waals surface area contributed by atoms with Crippen molar-refractivity contribution in [1.29, 1.82) is 0 Å². The fraction of sp³-hybridized carbons (Fsp3) is 0.417. The second-order valence-corrected chi connectivity index (χ2v) is 4.87. The number of nitrogens with two attached hydrogens (primary N) is 1. The highest BCUT2D eigenvalue weighted by Crippen LogP contribution is 2.37. The van der Waals surface area contributed by atoms with Crippen molar-refractivity contribution in [1.82, 2.24) is 0 Å². The van der Waals surface area contributed by atoms with Crippen molar-refractivity contribution in [2.45, 2.75) is 12.0 Å². The number of carbonyl (C=O) groups is 1. The molecule has 0 aliphatic carbocycles. The van der Waals surface area contributed by atoms with Gasteiger partial charge in [0.25, 0.3) is 5.69 Å². The van der Waals surface area contributed by atoms with Gasteiger partial charge in [-0.3, -0.25) is 14.9 Å². The number of hydrogen-bond acceptors (Lipinski definition) is 6. The Morgan fingerprint density at radius 2 is 2.29 bits per heavy atom. The average Bonchev–Trinajstić information content (AvgIpc) is 2.82. The minimum Gasteiger partial charge on any atom is -0.494 e. The molecule has 1 aromatic rings. The fourth-order valence-electron chi connectivity index (χ4n) is 2.30. The van der Waals surface area contributed by atoms with Crippen molar-refractivity contribution in [2.24, 2.45) is 5.73 Å². The number of carboxylic acids is 1. The molecule has 8 nitrogen and oxygen atoms in total. The quantitative estimate of drug-likeness (QED) is 0.621. The number of benzene rings is 1. The van der Waals surface area contributed by atoms with Crippen molar-refractivity contribution >= 4 is 17.3 Å². The molecule has 1 aromatic carbocycles. The van der Waals surface area contributed by atoms with Crippen LogP contribution in [-0.2, 0) is 4.79 Å². The Labute approximate surface area is 119 Å².